The van der Waals surface area contributed by atoms with Gasteiger partial charge in [0.25, 0.3) is 0 Å². The number of hydrogen-bond acceptors (Lipinski definition) is 3. The molecule has 5 heteroatoms. The Labute approximate surface area is 121 Å². The van der Waals surface area contributed by atoms with Crippen LogP contribution in [0.5, 0.6) is 0 Å². The van der Waals surface area contributed by atoms with Gasteiger partial charge in [-0.2, -0.15) is 0 Å². The van der Waals surface area contributed by atoms with E-state index < -0.39 is 16.1 Å². The van der Waals surface area contributed by atoms with Crippen molar-refractivity contribution < 1.29 is 13.5 Å². The van der Waals surface area contributed by atoms with Crippen LogP contribution in [0.25, 0.3) is 6.08 Å². The van der Waals surface area contributed by atoms with Gasteiger partial charge in [0.05, 0.1) is 6.10 Å². The zero-order chi connectivity index (χ0) is 15.2. The van der Waals surface area contributed by atoms with Gasteiger partial charge in [0.2, 0.25) is 10.0 Å². The Kier molecular flexibility index (Phi) is 5.92. The van der Waals surface area contributed by atoms with Crippen molar-refractivity contribution in [1.82, 2.24) is 4.72 Å². The van der Waals surface area contributed by atoms with Gasteiger partial charge in [0, 0.05) is 12.0 Å². The summed E-state index contributed by atoms with van der Waals surface area (Å²) in [5.41, 5.74) is 0.582. The topological polar surface area (TPSA) is 66.4 Å². The summed E-state index contributed by atoms with van der Waals surface area (Å²) < 4.78 is 26.0. The van der Waals surface area contributed by atoms with Crippen molar-refractivity contribution in [2.45, 2.75) is 33.3 Å². The Balaban J connectivity index is 2.49. The van der Waals surface area contributed by atoms with Gasteiger partial charge in [0.1, 0.15) is 0 Å². The van der Waals surface area contributed by atoms with E-state index in [0.717, 1.165) is 11.0 Å². The minimum atomic E-state index is -3.46. The van der Waals surface area contributed by atoms with E-state index in [1.165, 1.54) is 0 Å². The minimum Gasteiger partial charge on any atom is -0.393 e. The number of sulfonamides is 1. The Bertz CT molecular complexity index is 530. The Morgan fingerprint density at radius 1 is 1.25 bits per heavy atom. The molecule has 0 aliphatic carbocycles. The molecule has 0 aliphatic heterocycles. The molecule has 1 atom stereocenters. The molecule has 20 heavy (non-hydrogen) atoms. The van der Waals surface area contributed by atoms with Crippen LogP contribution in [0.3, 0.4) is 0 Å². The second kappa shape index (κ2) is 7.02. The zero-order valence-corrected chi connectivity index (χ0v) is 13.0. The number of rotatable bonds is 6. The maximum absolute atomic E-state index is 11.8. The molecule has 0 aliphatic rings. The molecule has 1 rings (SSSR count). The highest BCUT2D eigenvalue weighted by molar-refractivity contribution is 7.92. The van der Waals surface area contributed by atoms with Crippen LogP contribution < -0.4 is 4.72 Å². The van der Waals surface area contributed by atoms with Crippen molar-refractivity contribution in [1.29, 1.82) is 0 Å². The first-order chi connectivity index (χ1) is 9.21. The van der Waals surface area contributed by atoms with Gasteiger partial charge in [-0.25, -0.2) is 13.1 Å². The van der Waals surface area contributed by atoms with E-state index in [2.05, 4.69) is 4.72 Å². The summed E-state index contributed by atoms with van der Waals surface area (Å²) in [6.45, 7) is 5.98. The molecular formula is C15H23NO3S. The van der Waals surface area contributed by atoms with Gasteiger partial charge >= 0.3 is 0 Å². The monoisotopic (exact) mass is 297 g/mol. The van der Waals surface area contributed by atoms with Crippen LogP contribution in [0.2, 0.25) is 0 Å². The van der Waals surface area contributed by atoms with Crippen LogP contribution >= 0.6 is 0 Å². The Hall–Kier alpha value is -1.17. The van der Waals surface area contributed by atoms with E-state index in [1.54, 1.807) is 6.08 Å². The Morgan fingerprint density at radius 2 is 1.85 bits per heavy atom. The third kappa shape index (κ3) is 6.32. The molecule has 1 unspecified atom stereocenters. The molecule has 0 radical (unpaired) electrons. The fourth-order valence-corrected chi connectivity index (χ4v) is 2.39. The van der Waals surface area contributed by atoms with Gasteiger partial charge in [-0.3, -0.25) is 0 Å². The highest BCUT2D eigenvalue weighted by atomic mass is 32.2. The van der Waals surface area contributed by atoms with E-state index >= 15 is 0 Å². The summed E-state index contributed by atoms with van der Waals surface area (Å²) in [4.78, 5) is 0. The van der Waals surface area contributed by atoms with Gasteiger partial charge in [-0.15, -0.1) is 0 Å². The number of hydrogen-bond donors (Lipinski definition) is 2. The lowest BCUT2D eigenvalue weighted by Gasteiger charge is -2.25. The lowest BCUT2D eigenvalue weighted by atomic mass is 9.87. The molecule has 4 nitrogen and oxygen atoms in total. The van der Waals surface area contributed by atoms with Crippen molar-refractivity contribution >= 4 is 16.1 Å². The molecule has 1 aromatic carbocycles. The molecule has 0 fully saturated rings. The SMILES string of the molecule is CC(C)(C)C(O)CCNS(=O)(=O)/C=C/c1ccccc1. The smallest absolute Gasteiger partial charge is 0.233 e. The first kappa shape index (κ1) is 16.9. The average molecular weight is 297 g/mol. The molecule has 0 amide bonds. The summed E-state index contributed by atoms with van der Waals surface area (Å²) in [5.74, 6) is 0. The van der Waals surface area contributed by atoms with Gasteiger partial charge in [0.15, 0.2) is 0 Å². The van der Waals surface area contributed by atoms with E-state index in [-0.39, 0.29) is 12.0 Å². The maximum Gasteiger partial charge on any atom is 0.233 e. The van der Waals surface area contributed by atoms with Crippen molar-refractivity contribution in [3.63, 3.8) is 0 Å². The van der Waals surface area contributed by atoms with E-state index in [0.29, 0.717) is 6.42 Å². The van der Waals surface area contributed by atoms with E-state index in [4.69, 9.17) is 0 Å². The number of aliphatic hydroxyl groups is 1. The summed E-state index contributed by atoms with van der Waals surface area (Å²) in [5, 5.41) is 11.0. The molecule has 0 saturated carbocycles. The third-order valence-electron chi connectivity index (χ3n) is 2.96. The highest BCUT2D eigenvalue weighted by Gasteiger charge is 2.21. The predicted octanol–water partition coefficient (Wildman–Crippen LogP) is 2.37. The summed E-state index contributed by atoms with van der Waals surface area (Å²) in [6, 6.07) is 9.22. The summed E-state index contributed by atoms with van der Waals surface area (Å²) in [6.07, 6.45) is 1.40. The normalized spacial score (nSPS) is 14.6. The highest BCUT2D eigenvalue weighted by Crippen LogP contribution is 2.21. The van der Waals surface area contributed by atoms with Crippen LogP contribution in [-0.2, 0) is 10.0 Å². The van der Waals surface area contributed by atoms with Crippen molar-refractivity contribution in [2.75, 3.05) is 6.54 Å². The minimum absolute atomic E-state index is 0.222. The fourth-order valence-electron chi connectivity index (χ4n) is 1.55. The molecule has 0 aromatic heterocycles. The lowest BCUT2D eigenvalue weighted by molar-refractivity contribution is 0.0571. The van der Waals surface area contributed by atoms with Gasteiger partial charge in [-0.05, 0) is 23.5 Å². The average Bonchev–Trinajstić information content (AvgIpc) is 2.36. The molecule has 0 bridgehead atoms. The first-order valence-corrected chi connectivity index (χ1v) is 8.16. The van der Waals surface area contributed by atoms with Crippen molar-refractivity contribution in [3.05, 3.63) is 41.3 Å². The molecule has 0 spiro atoms. The number of benzene rings is 1. The van der Waals surface area contributed by atoms with Crippen LogP contribution in [0.4, 0.5) is 0 Å². The zero-order valence-electron chi connectivity index (χ0n) is 12.2. The fraction of sp³-hybridized carbons (Fsp3) is 0.467. The predicted molar refractivity (Wildman–Crippen MR) is 82.5 cm³/mol. The third-order valence-corrected chi connectivity index (χ3v) is 4.06. The van der Waals surface area contributed by atoms with Gasteiger partial charge in [-0.1, -0.05) is 51.1 Å². The Morgan fingerprint density at radius 3 is 2.40 bits per heavy atom. The standard InChI is InChI=1S/C15H23NO3S/c1-15(2,3)14(17)9-11-16-20(18,19)12-10-13-7-5-4-6-8-13/h4-8,10,12,14,16-17H,9,11H2,1-3H3/b12-10+. The number of aliphatic hydroxyl groups excluding tert-OH is 1. The quantitative estimate of drug-likeness (QED) is 0.847. The van der Waals surface area contributed by atoms with E-state index in [9.17, 15) is 13.5 Å². The lowest BCUT2D eigenvalue weighted by Crippen LogP contribution is -2.31. The van der Waals surface area contributed by atoms with Crippen LogP contribution in [0.15, 0.2) is 35.7 Å². The maximum atomic E-state index is 11.8. The molecule has 1 aromatic rings. The molecule has 2 N–H and O–H groups in total. The number of nitrogens with one attached hydrogen (secondary N) is 1. The second-order valence-corrected chi connectivity index (χ2v) is 7.47. The van der Waals surface area contributed by atoms with Crippen LogP contribution in [0.1, 0.15) is 32.8 Å². The molecule has 0 saturated heterocycles. The first-order valence-electron chi connectivity index (χ1n) is 6.61. The van der Waals surface area contributed by atoms with Crippen molar-refractivity contribution in [3.8, 4) is 0 Å². The van der Waals surface area contributed by atoms with Crippen molar-refractivity contribution in [2.24, 2.45) is 5.41 Å². The van der Waals surface area contributed by atoms with Crippen LogP contribution in [-0.4, -0.2) is 26.2 Å². The summed E-state index contributed by atoms with van der Waals surface area (Å²) in [7, 11) is -3.46. The largest absolute Gasteiger partial charge is 0.393 e. The second-order valence-electron chi connectivity index (χ2n) is 5.82. The summed E-state index contributed by atoms with van der Waals surface area (Å²) >= 11 is 0. The molecular weight excluding hydrogens is 274 g/mol. The molecule has 112 valence electrons. The van der Waals surface area contributed by atoms with Gasteiger partial charge < -0.3 is 5.11 Å². The van der Waals surface area contributed by atoms with Crippen LogP contribution in [0, 0.1) is 5.41 Å². The molecule has 0 heterocycles. The van der Waals surface area contributed by atoms with E-state index in [1.807, 2.05) is 51.1 Å².